The van der Waals surface area contributed by atoms with Crippen molar-refractivity contribution < 1.29 is 0 Å². The number of aryl methyl sites for hydroxylation is 2. The SMILES string of the molecule is C=C(C)CNc1nnc(CC)c(CC)n1. The molecule has 82 valence electrons. The number of hydrogen-bond acceptors (Lipinski definition) is 4. The fourth-order valence-electron chi connectivity index (χ4n) is 1.24. The minimum atomic E-state index is 0.590. The van der Waals surface area contributed by atoms with Gasteiger partial charge in [-0.25, -0.2) is 4.98 Å². The van der Waals surface area contributed by atoms with Crippen molar-refractivity contribution in [1.82, 2.24) is 15.2 Å². The smallest absolute Gasteiger partial charge is 0.243 e. The van der Waals surface area contributed by atoms with Gasteiger partial charge in [-0.05, 0) is 19.8 Å². The Morgan fingerprint density at radius 3 is 2.40 bits per heavy atom. The van der Waals surface area contributed by atoms with E-state index in [9.17, 15) is 0 Å². The Morgan fingerprint density at radius 1 is 1.20 bits per heavy atom. The van der Waals surface area contributed by atoms with Gasteiger partial charge in [0.25, 0.3) is 0 Å². The van der Waals surface area contributed by atoms with Crippen LogP contribution in [0.3, 0.4) is 0 Å². The number of anilines is 1. The lowest BCUT2D eigenvalue weighted by Gasteiger charge is -2.07. The summed E-state index contributed by atoms with van der Waals surface area (Å²) in [6, 6.07) is 0. The molecule has 0 aliphatic rings. The van der Waals surface area contributed by atoms with Gasteiger partial charge in [0.1, 0.15) is 0 Å². The normalized spacial score (nSPS) is 10.1. The zero-order valence-electron chi connectivity index (χ0n) is 9.67. The Balaban J connectivity index is 2.78. The molecule has 0 saturated carbocycles. The number of rotatable bonds is 5. The third-order valence-electron chi connectivity index (χ3n) is 2.06. The number of aromatic nitrogens is 3. The van der Waals surface area contributed by atoms with Gasteiger partial charge in [0.15, 0.2) is 0 Å². The van der Waals surface area contributed by atoms with E-state index >= 15 is 0 Å². The van der Waals surface area contributed by atoms with Crippen LogP contribution in [0.4, 0.5) is 5.95 Å². The highest BCUT2D eigenvalue weighted by Crippen LogP contribution is 2.06. The van der Waals surface area contributed by atoms with Gasteiger partial charge in [-0.1, -0.05) is 26.0 Å². The van der Waals surface area contributed by atoms with E-state index in [0.717, 1.165) is 29.8 Å². The Bertz CT molecular complexity index is 346. The molecule has 0 fully saturated rings. The summed E-state index contributed by atoms with van der Waals surface area (Å²) in [7, 11) is 0. The van der Waals surface area contributed by atoms with E-state index in [1.807, 2.05) is 6.92 Å². The van der Waals surface area contributed by atoms with Crippen LogP contribution in [0.2, 0.25) is 0 Å². The molecule has 0 amide bonds. The molecule has 1 aromatic heterocycles. The van der Waals surface area contributed by atoms with Gasteiger partial charge in [0.2, 0.25) is 5.95 Å². The fraction of sp³-hybridized carbons (Fsp3) is 0.545. The quantitative estimate of drug-likeness (QED) is 0.748. The maximum absolute atomic E-state index is 4.41. The van der Waals surface area contributed by atoms with Gasteiger partial charge in [-0.15, -0.1) is 5.10 Å². The first-order chi connectivity index (χ1) is 7.17. The molecule has 1 heterocycles. The molecule has 0 aromatic carbocycles. The maximum Gasteiger partial charge on any atom is 0.243 e. The van der Waals surface area contributed by atoms with Crippen LogP contribution in [0.15, 0.2) is 12.2 Å². The van der Waals surface area contributed by atoms with Crippen molar-refractivity contribution in [3.05, 3.63) is 23.5 Å². The average Bonchev–Trinajstić information content (AvgIpc) is 2.25. The first-order valence-electron chi connectivity index (χ1n) is 5.28. The average molecular weight is 206 g/mol. The van der Waals surface area contributed by atoms with E-state index in [0.29, 0.717) is 12.5 Å². The summed E-state index contributed by atoms with van der Waals surface area (Å²) in [5.74, 6) is 0.590. The van der Waals surface area contributed by atoms with Crippen LogP contribution in [0.1, 0.15) is 32.2 Å². The summed E-state index contributed by atoms with van der Waals surface area (Å²) < 4.78 is 0. The molecular weight excluding hydrogens is 188 g/mol. The Morgan fingerprint density at radius 2 is 1.87 bits per heavy atom. The molecule has 0 aliphatic heterocycles. The molecule has 0 unspecified atom stereocenters. The predicted molar refractivity (Wildman–Crippen MR) is 61.9 cm³/mol. The Hall–Kier alpha value is -1.45. The molecule has 0 spiro atoms. The zero-order chi connectivity index (χ0) is 11.3. The van der Waals surface area contributed by atoms with Crippen LogP contribution in [-0.2, 0) is 12.8 Å². The van der Waals surface area contributed by atoms with Gasteiger partial charge in [-0.2, -0.15) is 5.10 Å². The first kappa shape index (κ1) is 11.6. The summed E-state index contributed by atoms with van der Waals surface area (Å²) in [4.78, 5) is 4.41. The summed E-state index contributed by atoms with van der Waals surface area (Å²) in [5, 5.41) is 11.2. The van der Waals surface area contributed by atoms with Crippen LogP contribution >= 0.6 is 0 Å². The monoisotopic (exact) mass is 206 g/mol. The van der Waals surface area contributed by atoms with Gasteiger partial charge < -0.3 is 5.32 Å². The molecule has 1 aromatic rings. The van der Waals surface area contributed by atoms with Crippen LogP contribution in [0.25, 0.3) is 0 Å². The fourth-order valence-corrected chi connectivity index (χ4v) is 1.24. The molecule has 0 aliphatic carbocycles. The summed E-state index contributed by atoms with van der Waals surface area (Å²) in [5.41, 5.74) is 3.06. The van der Waals surface area contributed by atoms with Crippen LogP contribution in [0, 0.1) is 0 Å². The summed E-state index contributed by atoms with van der Waals surface area (Å²) >= 11 is 0. The highest BCUT2D eigenvalue weighted by molar-refractivity contribution is 5.27. The lowest BCUT2D eigenvalue weighted by atomic mass is 10.2. The minimum Gasteiger partial charge on any atom is -0.349 e. The standard InChI is InChI=1S/C11H18N4/c1-5-9-10(6-2)14-15-11(13-9)12-7-8(3)4/h3,5-7H2,1-2,4H3,(H,12,13,15). The molecule has 1 N–H and O–H groups in total. The van der Waals surface area contributed by atoms with Crippen LogP contribution in [0.5, 0.6) is 0 Å². The second kappa shape index (κ2) is 5.44. The minimum absolute atomic E-state index is 0.590. The van der Waals surface area contributed by atoms with Crippen molar-refractivity contribution in [2.75, 3.05) is 11.9 Å². The van der Waals surface area contributed by atoms with Crippen LogP contribution in [-0.4, -0.2) is 21.7 Å². The molecule has 0 bridgehead atoms. The molecule has 0 saturated heterocycles. The molecule has 4 nitrogen and oxygen atoms in total. The largest absolute Gasteiger partial charge is 0.349 e. The van der Waals surface area contributed by atoms with Crippen molar-refractivity contribution in [3.63, 3.8) is 0 Å². The van der Waals surface area contributed by atoms with E-state index in [-0.39, 0.29) is 0 Å². The van der Waals surface area contributed by atoms with Gasteiger partial charge in [-0.3, -0.25) is 0 Å². The van der Waals surface area contributed by atoms with Gasteiger partial charge in [0, 0.05) is 6.54 Å². The molecule has 4 heteroatoms. The second-order valence-corrected chi connectivity index (χ2v) is 3.55. The van der Waals surface area contributed by atoms with Crippen molar-refractivity contribution in [2.24, 2.45) is 0 Å². The topological polar surface area (TPSA) is 50.7 Å². The summed E-state index contributed by atoms with van der Waals surface area (Å²) in [6.07, 6.45) is 1.77. The predicted octanol–water partition coefficient (Wildman–Crippen LogP) is 1.98. The van der Waals surface area contributed by atoms with Crippen molar-refractivity contribution >= 4 is 5.95 Å². The van der Waals surface area contributed by atoms with Crippen molar-refractivity contribution in [2.45, 2.75) is 33.6 Å². The third-order valence-corrected chi connectivity index (χ3v) is 2.06. The molecular formula is C11H18N4. The highest BCUT2D eigenvalue weighted by atomic mass is 15.2. The molecule has 0 radical (unpaired) electrons. The lowest BCUT2D eigenvalue weighted by molar-refractivity contribution is 0.823. The van der Waals surface area contributed by atoms with E-state index in [2.05, 4.69) is 40.9 Å². The Labute approximate surface area is 90.8 Å². The third kappa shape index (κ3) is 3.31. The van der Waals surface area contributed by atoms with Gasteiger partial charge in [0.05, 0.1) is 11.4 Å². The molecule has 1 rings (SSSR count). The van der Waals surface area contributed by atoms with E-state index < -0.39 is 0 Å². The molecule has 15 heavy (non-hydrogen) atoms. The zero-order valence-corrected chi connectivity index (χ0v) is 9.67. The number of nitrogens with one attached hydrogen (secondary N) is 1. The number of nitrogens with zero attached hydrogens (tertiary/aromatic N) is 3. The van der Waals surface area contributed by atoms with E-state index in [4.69, 9.17) is 0 Å². The number of hydrogen-bond donors (Lipinski definition) is 1. The van der Waals surface area contributed by atoms with Crippen molar-refractivity contribution in [3.8, 4) is 0 Å². The van der Waals surface area contributed by atoms with E-state index in [1.54, 1.807) is 0 Å². The maximum atomic E-state index is 4.41. The molecule has 0 atom stereocenters. The van der Waals surface area contributed by atoms with Crippen molar-refractivity contribution in [1.29, 1.82) is 0 Å². The summed E-state index contributed by atoms with van der Waals surface area (Å²) in [6.45, 7) is 10.6. The van der Waals surface area contributed by atoms with Crippen LogP contribution < -0.4 is 5.32 Å². The highest BCUT2D eigenvalue weighted by Gasteiger charge is 2.05. The van der Waals surface area contributed by atoms with E-state index in [1.165, 1.54) is 0 Å². The van der Waals surface area contributed by atoms with Gasteiger partial charge >= 0.3 is 0 Å². The first-order valence-corrected chi connectivity index (χ1v) is 5.28. The lowest BCUT2D eigenvalue weighted by Crippen LogP contribution is -2.10. The Kier molecular flexibility index (Phi) is 4.21. The second-order valence-electron chi connectivity index (χ2n) is 3.55.